The summed E-state index contributed by atoms with van der Waals surface area (Å²) >= 11 is 0. The van der Waals surface area contributed by atoms with Crippen LogP contribution in [0.15, 0.2) is 30.3 Å². The smallest absolute Gasteiger partial charge is 0.239 e. The molecule has 2 rings (SSSR count). The van der Waals surface area contributed by atoms with Crippen LogP contribution >= 0.6 is 0 Å². The number of nitrogens with two attached hydrogens (primary N) is 1. The predicted octanol–water partition coefficient (Wildman–Crippen LogP) is 1.50. The molecule has 1 fully saturated rings. The Kier molecular flexibility index (Phi) is 5.76. The molecule has 4 heteroatoms. The molecule has 1 atom stereocenters. The molecule has 21 heavy (non-hydrogen) atoms. The maximum absolute atomic E-state index is 12.4. The number of carbonyl (C=O) groups excluding carboxylic acids is 1. The van der Waals surface area contributed by atoms with Gasteiger partial charge in [0.25, 0.3) is 0 Å². The lowest BCUT2D eigenvalue weighted by Crippen LogP contribution is -2.50. The van der Waals surface area contributed by atoms with E-state index in [2.05, 4.69) is 31.1 Å². The normalized spacial score (nSPS) is 18.0. The summed E-state index contributed by atoms with van der Waals surface area (Å²) < 4.78 is 0. The van der Waals surface area contributed by atoms with E-state index in [9.17, 15) is 4.79 Å². The summed E-state index contributed by atoms with van der Waals surface area (Å²) in [5.74, 6) is 0.114. The fourth-order valence-corrected chi connectivity index (χ4v) is 2.93. The van der Waals surface area contributed by atoms with Crippen molar-refractivity contribution in [3.63, 3.8) is 0 Å². The summed E-state index contributed by atoms with van der Waals surface area (Å²) in [7, 11) is 4.21. The zero-order valence-electron chi connectivity index (χ0n) is 13.2. The first-order valence-electron chi connectivity index (χ1n) is 7.82. The van der Waals surface area contributed by atoms with E-state index in [1.54, 1.807) is 0 Å². The molecule has 0 aromatic heterocycles. The molecule has 1 aliphatic rings. The molecule has 116 valence electrons. The lowest BCUT2D eigenvalue weighted by Gasteiger charge is -2.36. The van der Waals surface area contributed by atoms with Crippen LogP contribution < -0.4 is 5.73 Å². The number of carbonyl (C=O) groups is 1. The van der Waals surface area contributed by atoms with E-state index in [1.807, 2.05) is 23.1 Å². The van der Waals surface area contributed by atoms with E-state index in [0.717, 1.165) is 38.8 Å². The number of hydrogen-bond donors (Lipinski definition) is 1. The molecule has 0 unspecified atom stereocenters. The van der Waals surface area contributed by atoms with Crippen LogP contribution in [0.2, 0.25) is 0 Å². The number of hydrogen-bond acceptors (Lipinski definition) is 3. The largest absolute Gasteiger partial charge is 0.341 e. The van der Waals surface area contributed by atoms with Gasteiger partial charge in [-0.1, -0.05) is 30.3 Å². The summed E-state index contributed by atoms with van der Waals surface area (Å²) in [5.41, 5.74) is 7.33. The summed E-state index contributed by atoms with van der Waals surface area (Å²) in [6.07, 6.45) is 3.67. The van der Waals surface area contributed by atoms with Gasteiger partial charge in [0.1, 0.15) is 0 Å². The number of rotatable bonds is 5. The van der Waals surface area contributed by atoms with Crippen LogP contribution in [0, 0.1) is 0 Å². The highest BCUT2D eigenvalue weighted by Crippen LogP contribution is 2.15. The number of piperidine rings is 1. The number of nitrogens with zero attached hydrogens (tertiary/aromatic N) is 2. The molecule has 0 bridgehead atoms. The molecule has 1 aromatic carbocycles. The fourth-order valence-electron chi connectivity index (χ4n) is 2.93. The van der Waals surface area contributed by atoms with Gasteiger partial charge in [0.2, 0.25) is 5.91 Å². The maximum Gasteiger partial charge on any atom is 0.239 e. The van der Waals surface area contributed by atoms with Gasteiger partial charge in [-0.05, 0) is 45.3 Å². The summed E-state index contributed by atoms with van der Waals surface area (Å²) in [4.78, 5) is 16.6. The maximum atomic E-state index is 12.4. The van der Waals surface area contributed by atoms with Gasteiger partial charge in [-0.3, -0.25) is 4.79 Å². The molecule has 0 radical (unpaired) electrons. The van der Waals surface area contributed by atoms with Gasteiger partial charge in [-0.15, -0.1) is 0 Å². The third kappa shape index (κ3) is 4.55. The van der Waals surface area contributed by atoms with Crippen LogP contribution in [0.25, 0.3) is 0 Å². The second-order valence-electron chi connectivity index (χ2n) is 6.15. The average molecular weight is 289 g/mol. The Bertz CT molecular complexity index is 439. The van der Waals surface area contributed by atoms with Gasteiger partial charge in [0.05, 0.1) is 6.04 Å². The summed E-state index contributed by atoms with van der Waals surface area (Å²) in [6, 6.07) is 10.4. The fraction of sp³-hybridized carbons (Fsp3) is 0.588. The van der Waals surface area contributed by atoms with Crippen LogP contribution in [-0.2, 0) is 11.2 Å². The van der Waals surface area contributed by atoms with Gasteiger partial charge >= 0.3 is 0 Å². The van der Waals surface area contributed by atoms with Crippen molar-refractivity contribution in [2.45, 2.75) is 37.8 Å². The third-order valence-corrected chi connectivity index (χ3v) is 4.41. The topological polar surface area (TPSA) is 49.6 Å². The van der Waals surface area contributed by atoms with Crippen molar-refractivity contribution < 1.29 is 4.79 Å². The molecule has 1 heterocycles. The standard InChI is InChI=1S/C17H27N3O/c1-19(2)15-10-12-20(13-11-15)17(21)16(18)9-8-14-6-4-3-5-7-14/h3-7,15-16H,8-13,18H2,1-2H3/t16-/m0/s1. The van der Waals surface area contributed by atoms with Crippen LogP contribution in [0.5, 0.6) is 0 Å². The highest BCUT2D eigenvalue weighted by atomic mass is 16.2. The molecule has 2 N–H and O–H groups in total. The van der Waals surface area contributed by atoms with Crippen molar-refractivity contribution in [2.24, 2.45) is 5.73 Å². The third-order valence-electron chi connectivity index (χ3n) is 4.41. The van der Waals surface area contributed by atoms with Gasteiger partial charge in [-0.25, -0.2) is 0 Å². The first-order valence-corrected chi connectivity index (χ1v) is 7.82. The van der Waals surface area contributed by atoms with Crippen molar-refractivity contribution in [2.75, 3.05) is 27.2 Å². The van der Waals surface area contributed by atoms with Crippen molar-refractivity contribution in [3.05, 3.63) is 35.9 Å². The Balaban J connectivity index is 1.78. The second-order valence-corrected chi connectivity index (χ2v) is 6.15. The predicted molar refractivity (Wildman–Crippen MR) is 86.0 cm³/mol. The van der Waals surface area contributed by atoms with Gasteiger partial charge < -0.3 is 15.5 Å². The van der Waals surface area contributed by atoms with E-state index in [0.29, 0.717) is 6.04 Å². The van der Waals surface area contributed by atoms with Crippen molar-refractivity contribution in [3.8, 4) is 0 Å². The molecule has 1 aromatic rings. The van der Waals surface area contributed by atoms with Crippen molar-refractivity contribution >= 4 is 5.91 Å². The number of aryl methyl sites for hydroxylation is 1. The van der Waals surface area contributed by atoms with Crippen molar-refractivity contribution in [1.29, 1.82) is 0 Å². The first kappa shape index (κ1) is 16.0. The minimum atomic E-state index is -0.374. The zero-order chi connectivity index (χ0) is 15.2. The molecular weight excluding hydrogens is 262 g/mol. The van der Waals surface area contributed by atoms with E-state index < -0.39 is 0 Å². The Morgan fingerprint density at radius 2 is 1.90 bits per heavy atom. The molecule has 1 amide bonds. The molecule has 0 spiro atoms. The van der Waals surface area contributed by atoms with E-state index >= 15 is 0 Å². The zero-order valence-corrected chi connectivity index (χ0v) is 13.2. The Morgan fingerprint density at radius 1 is 1.29 bits per heavy atom. The van der Waals surface area contributed by atoms with Gasteiger partial charge in [0, 0.05) is 19.1 Å². The molecule has 1 aliphatic heterocycles. The molecule has 4 nitrogen and oxygen atoms in total. The quantitative estimate of drug-likeness (QED) is 0.893. The Morgan fingerprint density at radius 3 is 2.48 bits per heavy atom. The van der Waals surface area contributed by atoms with Crippen LogP contribution in [0.1, 0.15) is 24.8 Å². The number of amides is 1. The summed E-state index contributed by atoms with van der Waals surface area (Å²) in [5, 5.41) is 0. The Labute approximate surface area is 127 Å². The van der Waals surface area contributed by atoms with Crippen LogP contribution in [0.4, 0.5) is 0 Å². The minimum Gasteiger partial charge on any atom is -0.341 e. The van der Waals surface area contributed by atoms with Crippen LogP contribution in [0.3, 0.4) is 0 Å². The minimum absolute atomic E-state index is 0.114. The lowest BCUT2D eigenvalue weighted by atomic mass is 10.0. The van der Waals surface area contributed by atoms with Gasteiger partial charge in [-0.2, -0.15) is 0 Å². The number of benzene rings is 1. The second kappa shape index (κ2) is 7.57. The molecule has 0 aliphatic carbocycles. The number of likely N-dealkylation sites (tertiary alicyclic amines) is 1. The Hall–Kier alpha value is -1.39. The first-order chi connectivity index (χ1) is 10.1. The van der Waals surface area contributed by atoms with Crippen LogP contribution in [-0.4, -0.2) is 55.0 Å². The van der Waals surface area contributed by atoms with E-state index in [-0.39, 0.29) is 11.9 Å². The molecular formula is C17H27N3O. The highest BCUT2D eigenvalue weighted by molar-refractivity contribution is 5.81. The van der Waals surface area contributed by atoms with E-state index in [4.69, 9.17) is 5.73 Å². The molecule has 0 saturated carbocycles. The highest BCUT2D eigenvalue weighted by Gasteiger charge is 2.26. The van der Waals surface area contributed by atoms with Gasteiger partial charge in [0.15, 0.2) is 0 Å². The lowest BCUT2D eigenvalue weighted by molar-refractivity contribution is -0.134. The SMILES string of the molecule is CN(C)C1CCN(C(=O)[C@@H](N)CCc2ccccc2)CC1. The average Bonchev–Trinajstić information content (AvgIpc) is 2.53. The monoisotopic (exact) mass is 289 g/mol. The summed E-state index contributed by atoms with van der Waals surface area (Å²) in [6.45, 7) is 1.67. The van der Waals surface area contributed by atoms with Crippen molar-refractivity contribution in [1.82, 2.24) is 9.80 Å². The molecule has 1 saturated heterocycles. The van der Waals surface area contributed by atoms with E-state index in [1.165, 1.54) is 5.56 Å².